The number of hydrogen-bond acceptors (Lipinski definition) is 4. The minimum Gasteiger partial charge on any atom is -0.256 e. The maximum atomic E-state index is 5.11. The van der Waals surface area contributed by atoms with Gasteiger partial charge in [0.05, 0.1) is 5.52 Å². The molecule has 10 aromatic rings. The summed E-state index contributed by atoms with van der Waals surface area (Å²) in [5.74, 6) is 1.88. The Balaban J connectivity index is 1.14. The van der Waals surface area contributed by atoms with E-state index in [0.717, 1.165) is 49.7 Å². The zero-order valence-corrected chi connectivity index (χ0v) is 28.1. The Morgan fingerprint density at radius 3 is 1.69 bits per heavy atom. The lowest BCUT2D eigenvalue weighted by Crippen LogP contribution is -2.00. The fourth-order valence-electron chi connectivity index (χ4n) is 7.33. The van der Waals surface area contributed by atoms with E-state index in [0.29, 0.717) is 17.5 Å². The van der Waals surface area contributed by atoms with Gasteiger partial charge >= 0.3 is 0 Å². The smallest absolute Gasteiger partial charge is 0.164 e. The number of benzene rings is 8. The lowest BCUT2D eigenvalue weighted by molar-refractivity contribution is 1.07. The van der Waals surface area contributed by atoms with Crippen LogP contribution in [-0.2, 0) is 0 Å². The van der Waals surface area contributed by atoms with Gasteiger partial charge in [0, 0.05) is 33.8 Å². The number of hydrogen-bond donors (Lipinski definition) is 0. The van der Waals surface area contributed by atoms with Crippen molar-refractivity contribution >= 4 is 43.2 Å². The second-order valence-corrected chi connectivity index (χ2v) is 13.1. The van der Waals surface area contributed by atoms with E-state index in [2.05, 4.69) is 164 Å². The van der Waals surface area contributed by atoms with Crippen molar-refractivity contribution in [2.75, 3.05) is 0 Å². The van der Waals surface area contributed by atoms with E-state index in [9.17, 15) is 0 Å². The zero-order valence-electron chi connectivity index (χ0n) is 28.1. The van der Waals surface area contributed by atoms with Gasteiger partial charge in [0.1, 0.15) is 0 Å². The lowest BCUT2D eigenvalue weighted by Gasteiger charge is -2.13. The van der Waals surface area contributed by atoms with E-state index in [1.165, 1.54) is 32.5 Å². The highest BCUT2D eigenvalue weighted by atomic mass is 15.0. The fourth-order valence-corrected chi connectivity index (χ4v) is 7.33. The van der Waals surface area contributed by atoms with Crippen LogP contribution in [0.2, 0.25) is 0 Å². The Labute approximate surface area is 300 Å². The van der Waals surface area contributed by atoms with Crippen molar-refractivity contribution in [3.63, 3.8) is 0 Å². The summed E-state index contributed by atoms with van der Waals surface area (Å²) in [4.78, 5) is 20.2. The first-order chi connectivity index (χ1) is 25.7. The van der Waals surface area contributed by atoms with E-state index in [4.69, 9.17) is 19.9 Å². The van der Waals surface area contributed by atoms with E-state index in [-0.39, 0.29) is 0 Å². The summed E-state index contributed by atoms with van der Waals surface area (Å²) in [5.41, 5.74) is 8.18. The van der Waals surface area contributed by atoms with Crippen molar-refractivity contribution in [2.45, 2.75) is 0 Å². The maximum absolute atomic E-state index is 5.11. The van der Waals surface area contributed by atoms with Gasteiger partial charge in [-0.1, -0.05) is 152 Å². The van der Waals surface area contributed by atoms with Crippen LogP contribution in [0.5, 0.6) is 0 Å². The molecule has 0 aliphatic carbocycles. The SMILES string of the molecule is c1ccc(-c2ccc(-c3nc(-c4cccc(-c5cc6ccc7ccccc7c6c6cccnc56)c4)nc(-c4ccc5ccccc5c4)n3)cc2)cc1. The van der Waals surface area contributed by atoms with Crippen LogP contribution >= 0.6 is 0 Å². The molecule has 0 atom stereocenters. The average Bonchev–Trinajstić information content (AvgIpc) is 3.23. The third-order valence-electron chi connectivity index (χ3n) is 9.92. The third-order valence-corrected chi connectivity index (χ3v) is 9.92. The van der Waals surface area contributed by atoms with Gasteiger partial charge in [-0.2, -0.15) is 0 Å². The molecule has 0 N–H and O–H groups in total. The van der Waals surface area contributed by atoms with Crippen LogP contribution in [0.25, 0.3) is 99.6 Å². The summed E-state index contributed by atoms with van der Waals surface area (Å²) >= 11 is 0. The molecule has 10 rings (SSSR count). The van der Waals surface area contributed by atoms with Crippen molar-refractivity contribution in [2.24, 2.45) is 0 Å². The summed E-state index contributed by atoms with van der Waals surface area (Å²) < 4.78 is 0. The van der Waals surface area contributed by atoms with Gasteiger partial charge in [0.2, 0.25) is 0 Å². The molecule has 52 heavy (non-hydrogen) atoms. The molecule has 0 saturated heterocycles. The largest absolute Gasteiger partial charge is 0.256 e. The molecule has 2 aromatic heterocycles. The first kappa shape index (κ1) is 29.8. The highest BCUT2D eigenvalue weighted by Gasteiger charge is 2.16. The number of rotatable bonds is 5. The second kappa shape index (κ2) is 12.4. The van der Waals surface area contributed by atoms with Gasteiger partial charge in [0.15, 0.2) is 17.5 Å². The fraction of sp³-hybridized carbons (Fsp3) is 0. The molecule has 0 spiro atoms. The molecule has 0 bridgehead atoms. The van der Waals surface area contributed by atoms with Crippen molar-refractivity contribution < 1.29 is 0 Å². The normalized spacial score (nSPS) is 11.5. The molecule has 8 aromatic carbocycles. The molecule has 0 saturated carbocycles. The van der Waals surface area contributed by atoms with E-state index in [1.807, 2.05) is 18.3 Å². The van der Waals surface area contributed by atoms with Crippen LogP contribution in [-0.4, -0.2) is 19.9 Å². The molecule has 0 fully saturated rings. The summed E-state index contributed by atoms with van der Waals surface area (Å²) in [6, 6.07) is 61.5. The first-order valence-corrected chi connectivity index (χ1v) is 17.5. The Hall–Kier alpha value is -7.04. The summed E-state index contributed by atoms with van der Waals surface area (Å²) in [5, 5.41) is 8.31. The van der Waals surface area contributed by atoms with Crippen molar-refractivity contribution in [3.8, 4) is 56.4 Å². The molecule has 0 aliphatic rings. The zero-order chi connectivity index (χ0) is 34.4. The number of fused-ring (bicyclic) bond motifs is 6. The lowest BCUT2D eigenvalue weighted by atomic mass is 9.92. The standard InChI is InChI=1S/C48H30N4/c1-2-10-31(11-3-1)33-19-23-35(24-20-33)46-50-47(52-48(51-46)40-26-21-32-12-4-5-14-36(32)28-40)39-16-8-15-37(29-39)43-30-38-25-22-34-13-6-7-17-41(34)44(38)42-18-9-27-49-45(42)43/h1-30H. The molecule has 0 aliphatic heterocycles. The Kier molecular flexibility index (Phi) is 7.10. The molecule has 0 amide bonds. The van der Waals surface area contributed by atoms with E-state index in [1.54, 1.807) is 0 Å². The average molecular weight is 663 g/mol. The predicted octanol–water partition coefficient (Wildman–Crippen LogP) is 12.2. The topological polar surface area (TPSA) is 51.6 Å². The molecular weight excluding hydrogens is 633 g/mol. The predicted molar refractivity (Wildman–Crippen MR) is 215 cm³/mol. The summed E-state index contributed by atoms with van der Waals surface area (Å²) in [6.07, 6.45) is 1.88. The maximum Gasteiger partial charge on any atom is 0.164 e. The molecule has 242 valence electrons. The van der Waals surface area contributed by atoms with Crippen LogP contribution in [0.3, 0.4) is 0 Å². The van der Waals surface area contributed by atoms with Crippen LogP contribution in [0.4, 0.5) is 0 Å². The van der Waals surface area contributed by atoms with Gasteiger partial charge in [-0.05, 0) is 73.3 Å². The van der Waals surface area contributed by atoms with Crippen molar-refractivity contribution in [1.82, 2.24) is 19.9 Å². The number of pyridine rings is 1. The molecular formula is C48H30N4. The monoisotopic (exact) mass is 662 g/mol. The second-order valence-electron chi connectivity index (χ2n) is 13.1. The van der Waals surface area contributed by atoms with Gasteiger partial charge < -0.3 is 0 Å². The molecule has 0 unspecified atom stereocenters. The number of aromatic nitrogens is 4. The Morgan fingerprint density at radius 2 is 0.865 bits per heavy atom. The third kappa shape index (κ3) is 5.26. The summed E-state index contributed by atoms with van der Waals surface area (Å²) in [6.45, 7) is 0. The van der Waals surface area contributed by atoms with Gasteiger partial charge in [0.25, 0.3) is 0 Å². The van der Waals surface area contributed by atoms with Gasteiger partial charge in [-0.3, -0.25) is 4.98 Å². The molecule has 0 radical (unpaired) electrons. The van der Waals surface area contributed by atoms with Crippen LogP contribution in [0.1, 0.15) is 0 Å². The first-order valence-electron chi connectivity index (χ1n) is 17.5. The van der Waals surface area contributed by atoms with Gasteiger partial charge in [-0.25, -0.2) is 15.0 Å². The van der Waals surface area contributed by atoms with Crippen LogP contribution in [0.15, 0.2) is 182 Å². The summed E-state index contributed by atoms with van der Waals surface area (Å²) in [7, 11) is 0. The van der Waals surface area contributed by atoms with Gasteiger partial charge in [-0.15, -0.1) is 0 Å². The van der Waals surface area contributed by atoms with Crippen LogP contribution < -0.4 is 0 Å². The van der Waals surface area contributed by atoms with Crippen molar-refractivity contribution in [3.05, 3.63) is 182 Å². The minimum atomic E-state index is 0.617. The van der Waals surface area contributed by atoms with Crippen LogP contribution in [0, 0.1) is 0 Å². The highest BCUT2D eigenvalue weighted by molar-refractivity contribution is 6.22. The molecule has 2 heterocycles. The minimum absolute atomic E-state index is 0.617. The highest BCUT2D eigenvalue weighted by Crippen LogP contribution is 2.38. The molecule has 4 heteroatoms. The quantitative estimate of drug-likeness (QED) is 0.172. The number of nitrogens with zero attached hydrogens (tertiary/aromatic N) is 4. The Bertz CT molecular complexity index is 2950. The van der Waals surface area contributed by atoms with E-state index >= 15 is 0 Å². The van der Waals surface area contributed by atoms with E-state index < -0.39 is 0 Å². The Morgan fingerprint density at radius 1 is 0.308 bits per heavy atom. The molecule has 4 nitrogen and oxygen atoms in total. The van der Waals surface area contributed by atoms with Crippen molar-refractivity contribution in [1.29, 1.82) is 0 Å².